The molecule has 5 rings (SSSR count). The molecule has 3 heterocycles. The van der Waals surface area contributed by atoms with E-state index in [9.17, 15) is 5.11 Å². The van der Waals surface area contributed by atoms with Crippen LogP contribution in [0.2, 0.25) is 0 Å². The third-order valence-corrected chi connectivity index (χ3v) is 7.29. The molecule has 0 amide bonds. The van der Waals surface area contributed by atoms with Crippen molar-refractivity contribution in [1.29, 1.82) is 0 Å². The Kier molecular flexibility index (Phi) is 5.03. The van der Waals surface area contributed by atoms with Crippen LogP contribution >= 0.6 is 0 Å². The number of ether oxygens (including phenoxy) is 1. The average Bonchev–Trinajstić information content (AvgIpc) is 3.11. The number of methoxy groups -OCH3 is 1. The predicted molar refractivity (Wildman–Crippen MR) is 118 cm³/mol. The molecular formula is C25H31N3O2. The van der Waals surface area contributed by atoms with Crippen LogP contribution in [0.1, 0.15) is 37.4 Å². The molecule has 2 unspecified atom stereocenters. The van der Waals surface area contributed by atoms with Gasteiger partial charge in [0, 0.05) is 61.3 Å². The van der Waals surface area contributed by atoms with Crippen molar-refractivity contribution < 1.29 is 9.84 Å². The first kappa shape index (κ1) is 19.6. The van der Waals surface area contributed by atoms with Crippen LogP contribution in [-0.4, -0.2) is 39.8 Å². The van der Waals surface area contributed by atoms with E-state index in [-0.39, 0.29) is 11.8 Å². The quantitative estimate of drug-likeness (QED) is 0.692. The third kappa shape index (κ3) is 3.12. The van der Waals surface area contributed by atoms with Gasteiger partial charge in [-0.25, -0.2) is 0 Å². The molecule has 0 spiro atoms. The summed E-state index contributed by atoms with van der Waals surface area (Å²) in [7, 11) is 1.72. The van der Waals surface area contributed by atoms with Gasteiger partial charge < -0.3 is 14.4 Å². The summed E-state index contributed by atoms with van der Waals surface area (Å²) in [6.45, 7) is 5.86. The van der Waals surface area contributed by atoms with Crippen LogP contribution in [0, 0.1) is 11.8 Å². The molecule has 1 aliphatic carbocycles. The van der Waals surface area contributed by atoms with E-state index in [0.717, 1.165) is 50.5 Å². The second kappa shape index (κ2) is 7.71. The van der Waals surface area contributed by atoms with E-state index in [1.807, 2.05) is 30.5 Å². The van der Waals surface area contributed by atoms with Gasteiger partial charge in [0.05, 0.1) is 12.8 Å². The second-order valence-corrected chi connectivity index (χ2v) is 8.88. The standard InChI is InChI=1S/C25H31N3O2/c1-3-28-15-18(22-13-21(30-2)10-11-23(22)28)14-27-16-19-7-6-8-20(17-27)25(19,29)24-9-4-5-12-26-24/h4-5,9-13,15,19-20,29H,3,6-8,14,16-17H2,1-2H3. The zero-order valence-electron chi connectivity index (χ0n) is 17.9. The molecule has 3 aromatic rings. The number of hydrogen-bond acceptors (Lipinski definition) is 4. The van der Waals surface area contributed by atoms with E-state index >= 15 is 0 Å². The first-order valence-electron chi connectivity index (χ1n) is 11.2. The minimum atomic E-state index is -0.795. The van der Waals surface area contributed by atoms with E-state index in [4.69, 9.17) is 4.74 Å². The normalized spacial score (nSPS) is 26.8. The maximum atomic E-state index is 11.8. The summed E-state index contributed by atoms with van der Waals surface area (Å²) in [6, 6.07) is 12.3. The summed E-state index contributed by atoms with van der Waals surface area (Å²) in [5.41, 5.74) is 2.66. The van der Waals surface area contributed by atoms with Crippen LogP contribution in [0.5, 0.6) is 5.75 Å². The molecule has 5 heteroatoms. The van der Waals surface area contributed by atoms with Crippen molar-refractivity contribution in [3.8, 4) is 5.75 Å². The van der Waals surface area contributed by atoms with Gasteiger partial charge >= 0.3 is 0 Å². The summed E-state index contributed by atoms with van der Waals surface area (Å²) in [4.78, 5) is 7.10. The molecular weight excluding hydrogens is 374 g/mol. The number of aliphatic hydroxyl groups is 1. The van der Waals surface area contributed by atoms with E-state index < -0.39 is 5.60 Å². The van der Waals surface area contributed by atoms with E-state index in [0.29, 0.717) is 0 Å². The molecule has 2 aromatic heterocycles. The van der Waals surface area contributed by atoms with E-state index in [2.05, 4.69) is 39.7 Å². The Labute approximate surface area is 178 Å². The van der Waals surface area contributed by atoms with Crippen LogP contribution < -0.4 is 4.74 Å². The fraction of sp³-hybridized carbons (Fsp3) is 0.480. The number of aromatic nitrogens is 2. The van der Waals surface area contributed by atoms with Gasteiger partial charge in [0.2, 0.25) is 0 Å². The highest BCUT2D eigenvalue weighted by atomic mass is 16.5. The molecule has 30 heavy (non-hydrogen) atoms. The molecule has 1 N–H and O–H groups in total. The summed E-state index contributed by atoms with van der Waals surface area (Å²) < 4.78 is 7.80. The lowest BCUT2D eigenvalue weighted by molar-refractivity contribution is -0.151. The summed E-state index contributed by atoms with van der Waals surface area (Å²) in [5.74, 6) is 1.36. The smallest absolute Gasteiger partial charge is 0.119 e. The van der Waals surface area contributed by atoms with Crippen molar-refractivity contribution in [3.05, 3.63) is 60.0 Å². The molecule has 2 atom stereocenters. The lowest BCUT2D eigenvalue weighted by atomic mass is 9.64. The number of nitrogens with zero attached hydrogens (tertiary/aromatic N) is 3. The zero-order valence-corrected chi connectivity index (χ0v) is 17.9. The summed E-state index contributed by atoms with van der Waals surface area (Å²) >= 11 is 0. The SMILES string of the molecule is CCn1cc(CN2CC3CCCC(C2)C3(O)c2ccccn2)c2cc(OC)ccc21. The lowest BCUT2D eigenvalue weighted by Gasteiger charge is -2.52. The molecule has 1 aliphatic heterocycles. The van der Waals surface area contributed by atoms with Crippen LogP contribution in [-0.2, 0) is 18.7 Å². The van der Waals surface area contributed by atoms with E-state index in [1.54, 1.807) is 7.11 Å². The van der Waals surface area contributed by atoms with Crippen molar-refractivity contribution in [2.75, 3.05) is 20.2 Å². The highest BCUT2D eigenvalue weighted by Crippen LogP contribution is 2.48. The number of piperidine rings is 1. The van der Waals surface area contributed by atoms with Gasteiger partial charge in [0.25, 0.3) is 0 Å². The number of pyridine rings is 1. The number of aryl methyl sites for hydroxylation is 1. The fourth-order valence-corrected chi connectivity index (χ4v) is 5.80. The largest absolute Gasteiger partial charge is 0.497 e. The summed E-state index contributed by atoms with van der Waals surface area (Å²) in [6.07, 6.45) is 7.42. The van der Waals surface area contributed by atoms with Gasteiger partial charge in [-0.1, -0.05) is 12.5 Å². The molecule has 2 fully saturated rings. The first-order chi connectivity index (χ1) is 14.6. The number of hydrogen-bond donors (Lipinski definition) is 1. The Morgan fingerprint density at radius 1 is 1.17 bits per heavy atom. The number of benzene rings is 1. The topological polar surface area (TPSA) is 50.5 Å². The van der Waals surface area contributed by atoms with Crippen molar-refractivity contribution in [2.24, 2.45) is 11.8 Å². The molecule has 2 bridgehead atoms. The van der Waals surface area contributed by atoms with Gasteiger partial charge in [-0.3, -0.25) is 9.88 Å². The maximum absolute atomic E-state index is 11.8. The second-order valence-electron chi connectivity index (χ2n) is 8.88. The lowest BCUT2D eigenvalue weighted by Crippen LogP contribution is -2.58. The van der Waals surface area contributed by atoms with Gasteiger partial charge in [-0.2, -0.15) is 0 Å². The molecule has 2 aliphatic rings. The highest BCUT2D eigenvalue weighted by Gasteiger charge is 2.52. The van der Waals surface area contributed by atoms with Gasteiger partial charge in [-0.15, -0.1) is 0 Å². The van der Waals surface area contributed by atoms with E-state index in [1.165, 1.54) is 22.9 Å². The van der Waals surface area contributed by atoms with Gasteiger partial charge in [0.1, 0.15) is 11.4 Å². The zero-order chi connectivity index (χ0) is 20.7. The fourth-order valence-electron chi connectivity index (χ4n) is 5.80. The van der Waals surface area contributed by atoms with Crippen LogP contribution in [0.15, 0.2) is 48.8 Å². The van der Waals surface area contributed by atoms with Crippen molar-refractivity contribution in [3.63, 3.8) is 0 Å². The van der Waals surface area contributed by atoms with Crippen LogP contribution in [0.4, 0.5) is 0 Å². The Morgan fingerprint density at radius 2 is 1.97 bits per heavy atom. The molecule has 1 saturated heterocycles. The highest BCUT2D eigenvalue weighted by molar-refractivity contribution is 5.85. The Bertz CT molecular complexity index is 1020. The third-order valence-electron chi connectivity index (χ3n) is 7.29. The predicted octanol–water partition coefficient (Wildman–Crippen LogP) is 4.18. The minimum Gasteiger partial charge on any atom is -0.497 e. The molecule has 158 valence electrons. The van der Waals surface area contributed by atoms with Gasteiger partial charge in [-0.05, 0) is 55.7 Å². The Morgan fingerprint density at radius 3 is 2.63 bits per heavy atom. The molecule has 0 radical (unpaired) electrons. The average molecular weight is 406 g/mol. The minimum absolute atomic E-state index is 0.231. The molecule has 5 nitrogen and oxygen atoms in total. The molecule has 1 aromatic carbocycles. The molecule has 1 saturated carbocycles. The Hall–Kier alpha value is -2.37. The van der Waals surface area contributed by atoms with Gasteiger partial charge in [0.15, 0.2) is 0 Å². The van der Waals surface area contributed by atoms with Crippen molar-refractivity contribution >= 4 is 10.9 Å². The summed E-state index contributed by atoms with van der Waals surface area (Å²) in [5, 5.41) is 13.0. The number of fused-ring (bicyclic) bond motifs is 3. The van der Waals surface area contributed by atoms with Crippen LogP contribution in [0.25, 0.3) is 10.9 Å². The number of likely N-dealkylation sites (tertiary alicyclic amines) is 1. The van der Waals surface area contributed by atoms with Crippen molar-refractivity contribution in [2.45, 2.75) is 44.9 Å². The van der Waals surface area contributed by atoms with Crippen LogP contribution in [0.3, 0.4) is 0 Å². The van der Waals surface area contributed by atoms with Crippen molar-refractivity contribution in [1.82, 2.24) is 14.5 Å². The monoisotopic (exact) mass is 405 g/mol. The maximum Gasteiger partial charge on any atom is 0.119 e. The number of rotatable bonds is 5. The first-order valence-corrected chi connectivity index (χ1v) is 11.2. The Balaban J connectivity index is 1.44.